The van der Waals surface area contributed by atoms with E-state index >= 15 is 0 Å². The van der Waals surface area contributed by atoms with Crippen LogP contribution in [-0.4, -0.2) is 60.9 Å². The summed E-state index contributed by atoms with van der Waals surface area (Å²) in [4.78, 5) is 18.9. The van der Waals surface area contributed by atoms with Crippen molar-refractivity contribution in [2.75, 3.05) is 17.2 Å². The van der Waals surface area contributed by atoms with Gasteiger partial charge in [0.25, 0.3) is 5.92 Å². The number of thiazole rings is 1. The number of aliphatic hydroxyl groups excluding tert-OH is 2. The molecule has 0 bridgehead atoms. The Hall–Kier alpha value is -2.50. The van der Waals surface area contributed by atoms with E-state index in [1.807, 2.05) is 13.0 Å². The number of halogens is 2. The molecule has 37 heavy (non-hydrogen) atoms. The van der Waals surface area contributed by atoms with Crippen LogP contribution in [0.25, 0.3) is 20.8 Å². The number of nitrogens with zero attached hydrogens (tertiary/aromatic N) is 4. The lowest BCUT2D eigenvalue weighted by Crippen LogP contribution is -2.38. The van der Waals surface area contributed by atoms with Gasteiger partial charge in [-0.3, -0.25) is 4.98 Å². The number of fused-ring (bicyclic) bond motifs is 1. The van der Waals surface area contributed by atoms with Gasteiger partial charge in [0.1, 0.15) is 22.4 Å². The minimum absolute atomic E-state index is 0.0194. The highest BCUT2D eigenvalue weighted by Gasteiger charge is 2.51. The van der Waals surface area contributed by atoms with E-state index in [0.717, 1.165) is 35.7 Å². The van der Waals surface area contributed by atoms with Crippen LogP contribution in [0.5, 0.6) is 0 Å². The molecule has 3 aromatic heterocycles. The second kappa shape index (κ2) is 9.36. The van der Waals surface area contributed by atoms with Crippen molar-refractivity contribution < 1.29 is 19.0 Å². The second-order valence-corrected chi connectivity index (χ2v) is 12.7. The molecule has 0 aromatic carbocycles. The monoisotopic (exact) mass is 532 g/mol. The van der Waals surface area contributed by atoms with Crippen LogP contribution >= 0.6 is 11.3 Å². The molecule has 2 fully saturated rings. The molecule has 0 amide bonds. The van der Waals surface area contributed by atoms with E-state index in [0.29, 0.717) is 40.5 Å². The molecular weight excluding hydrogens is 498 g/mol. The molecule has 0 saturated heterocycles. The number of hydrogen-bond donors (Lipinski definition) is 4. The van der Waals surface area contributed by atoms with Crippen molar-refractivity contribution in [2.45, 2.75) is 84.0 Å². The Labute approximate surface area is 219 Å². The standard InChI is InChI=1S/C26H34F2N6O2S/c1-12-17(23-33-19-16(37-23)8-9-29-18(19)13-6-7-13)22(34-24(31-12)30-11-25(2,3)4)32-15-10-14(26(5,27)28)20(35)21(15)36/h8-9,13-15,20-21,35-36H,6-7,10-11H2,1-5H3,(H2,30,31,32,34)/t14-,15+,20+,21-/m0/s1. The lowest BCUT2D eigenvalue weighted by Gasteiger charge is -2.22. The smallest absolute Gasteiger partial charge is 0.250 e. The fourth-order valence-electron chi connectivity index (χ4n) is 4.85. The molecular formula is C26H34F2N6O2S. The number of pyridine rings is 1. The van der Waals surface area contributed by atoms with Gasteiger partial charge in [-0.05, 0) is 44.6 Å². The van der Waals surface area contributed by atoms with Crippen LogP contribution in [0.1, 0.15) is 64.3 Å². The summed E-state index contributed by atoms with van der Waals surface area (Å²) in [6, 6.07) is 1.13. The van der Waals surface area contributed by atoms with Crippen molar-refractivity contribution in [3.8, 4) is 10.6 Å². The highest BCUT2D eigenvalue weighted by molar-refractivity contribution is 7.21. The largest absolute Gasteiger partial charge is 0.390 e. The van der Waals surface area contributed by atoms with Crippen LogP contribution in [0.2, 0.25) is 0 Å². The van der Waals surface area contributed by atoms with Crippen LogP contribution < -0.4 is 10.6 Å². The maximum absolute atomic E-state index is 14.1. The lowest BCUT2D eigenvalue weighted by atomic mass is 9.97. The number of nitrogens with one attached hydrogen (secondary N) is 2. The van der Waals surface area contributed by atoms with Gasteiger partial charge in [0, 0.05) is 18.7 Å². The average Bonchev–Trinajstić information content (AvgIpc) is 3.49. The Kier molecular flexibility index (Phi) is 6.60. The first-order valence-electron chi connectivity index (χ1n) is 12.7. The maximum Gasteiger partial charge on any atom is 0.250 e. The van der Waals surface area contributed by atoms with E-state index in [2.05, 4.69) is 41.4 Å². The molecule has 3 aromatic rings. The third kappa shape index (κ3) is 5.39. The van der Waals surface area contributed by atoms with E-state index in [-0.39, 0.29) is 11.8 Å². The summed E-state index contributed by atoms with van der Waals surface area (Å²) in [5.41, 5.74) is 3.16. The normalized spacial score (nSPS) is 24.6. The summed E-state index contributed by atoms with van der Waals surface area (Å²) in [5.74, 6) is -3.27. The second-order valence-electron chi connectivity index (χ2n) is 11.6. The van der Waals surface area contributed by atoms with Crippen molar-refractivity contribution >= 4 is 33.3 Å². The summed E-state index contributed by atoms with van der Waals surface area (Å²) in [7, 11) is 0. The van der Waals surface area contributed by atoms with Gasteiger partial charge in [-0.2, -0.15) is 4.98 Å². The molecule has 2 aliphatic rings. The van der Waals surface area contributed by atoms with Crippen molar-refractivity contribution in [3.63, 3.8) is 0 Å². The zero-order valence-corrected chi connectivity index (χ0v) is 22.5. The van der Waals surface area contributed by atoms with Crippen LogP contribution in [0, 0.1) is 18.3 Å². The highest BCUT2D eigenvalue weighted by atomic mass is 32.1. The van der Waals surface area contributed by atoms with Gasteiger partial charge >= 0.3 is 0 Å². The molecule has 2 saturated carbocycles. The van der Waals surface area contributed by atoms with Gasteiger partial charge in [0.05, 0.1) is 39.7 Å². The molecule has 8 nitrogen and oxygen atoms in total. The van der Waals surface area contributed by atoms with Crippen LogP contribution in [0.3, 0.4) is 0 Å². The quantitative estimate of drug-likeness (QED) is 0.337. The summed E-state index contributed by atoms with van der Waals surface area (Å²) in [6.45, 7) is 9.53. The summed E-state index contributed by atoms with van der Waals surface area (Å²) >= 11 is 1.50. The van der Waals surface area contributed by atoms with Crippen LogP contribution in [0.15, 0.2) is 12.3 Å². The molecule has 2 aliphatic carbocycles. The van der Waals surface area contributed by atoms with Crippen molar-refractivity contribution in [1.82, 2.24) is 19.9 Å². The molecule has 5 rings (SSSR count). The maximum atomic E-state index is 14.1. The summed E-state index contributed by atoms with van der Waals surface area (Å²) in [6.07, 6.45) is 0.999. The fraction of sp³-hybridized carbons (Fsp3) is 0.615. The van der Waals surface area contributed by atoms with E-state index < -0.39 is 30.1 Å². The third-order valence-electron chi connectivity index (χ3n) is 7.04. The Morgan fingerprint density at radius 1 is 1.08 bits per heavy atom. The minimum Gasteiger partial charge on any atom is -0.390 e. The van der Waals surface area contributed by atoms with Crippen molar-refractivity contribution in [3.05, 3.63) is 23.7 Å². The first kappa shape index (κ1) is 26.1. The number of hydrogen-bond acceptors (Lipinski definition) is 9. The van der Waals surface area contributed by atoms with E-state index in [4.69, 9.17) is 9.97 Å². The molecule has 11 heteroatoms. The zero-order chi connectivity index (χ0) is 26.7. The number of aliphatic hydroxyl groups is 2. The van der Waals surface area contributed by atoms with Crippen LogP contribution in [0.4, 0.5) is 20.5 Å². The first-order chi connectivity index (χ1) is 17.3. The Morgan fingerprint density at radius 2 is 1.81 bits per heavy atom. The average molecular weight is 533 g/mol. The number of alkyl halides is 2. The number of anilines is 2. The Bertz CT molecular complexity index is 1300. The predicted molar refractivity (Wildman–Crippen MR) is 141 cm³/mol. The third-order valence-corrected chi connectivity index (χ3v) is 8.07. The first-order valence-corrected chi connectivity index (χ1v) is 13.5. The topological polar surface area (TPSA) is 116 Å². The molecule has 4 atom stereocenters. The lowest BCUT2D eigenvalue weighted by molar-refractivity contribution is -0.0950. The van der Waals surface area contributed by atoms with E-state index in [1.54, 1.807) is 6.20 Å². The number of aromatic nitrogens is 4. The SMILES string of the molecule is Cc1nc(NCC(C)(C)C)nc(N[C@@H]2C[C@H](C(C)(F)F)[C@@H](O)[C@H]2O)c1-c1nc2c(C3CC3)nccc2s1. The fourth-order valence-corrected chi connectivity index (χ4v) is 5.92. The van der Waals surface area contributed by atoms with Crippen molar-refractivity contribution in [1.29, 1.82) is 0 Å². The molecule has 0 spiro atoms. The molecule has 0 unspecified atom stereocenters. The summed E-state index contributed by atoms with van der Waals surface area (Å²) < 4.78 is 29.3. The number of aryl methyl sites for hydroxylation is 1. The molecule has 0 aliphatic heterocycles. The Morgan fingerprint density at radius 3 is 2.43 bits per heavy atom. The van der Waals surface area contributed by atoms with Gasteiger partial charge < -0.3 is 20.8 Å². The minimum atomic E-state index is -3.13. The number of rotatable bonds is 7. The Balaban J connectivity index is 1.55. The van der Waals surface area contributed by atoms with Gasteiger partial charge in [0.2, 0.25) is 5.95 Å². The van der Waals surface area contributed by atoms with Crippen LogP contribution in [-0.2, 0) is 0 Å². The molecule has 4 N–H and O–H groups in total. The van der Waals surface area contributed by atoms with E-state index in [9.17, 15) is 19.0 Å². The van der Waals surface area contributed by atoms with E-state index in [1.165, 1.54) is 11.3 Å². The summed E-state index contributed by atoms with van der Waals surface area (Å²) in [5, 5.41) is 28.1. The predicted octanol–water partition coefficient (Wildman–Crippen LogP) is 4.97. The molecule has 200 valence electrons. The zero-order valence-electron chi connectivity index (χ0n) is 21.7. The highest BCUT2D eigenvalue weighted by Crippen LogP contribution is 2.45. The van der Waals surface area contributed by atoms with Gasteiger partial charge in [-0.1, -0.05) is 20.8 Å². The van der Waals surface area contributed by atoms with Gasteiger partial charge in [-0.25, -0.2) is 18.7 Å². The van der Waals surface area contributed by atoms with Gasteiger partial charge in [0.15, 0.2) is 0 Å². The van der Waals surface area contributed by atoms with Gasteiger partial charge in [-0.15, -0.1) is 11.3 Å². The molecule has 3 heterocycles. The van der Waals surface area contributed by atoms with Crippen molar-refractivity contribution in [2.24, 2.45) is 11.3 Å². The molecule has 0 radical (unpaired) electrons.